The lowest BCUT2D eigenvalue weighted by Crippen LogP contribution is -2.43. The molecule has 0 spiro atoms. The number of hydrogen-bond donors (Lipinski definition) is 0. The van der Waals surface area contributed by atoms with Crippen LogP contribution in [0.3, 0.4) is 0 Å². The number of piperidine rings is 1. The van der Waals surface area contributed by atoms with Crippen LogP contribution in [-0.2, 0) is 32.3 Å². The summed E-state index contributed by atoms with van der Waals surface area (Å²) in [5.41, 5.74) is 2.50. The molecular weight excluding hydrogens is 314 g/mol. The monoisotopic (exact) mass is 337 g/mol. The smallest absolute Gasteiger partial charge is 0.243 e. The molecule has 0 saturated carbocycles. The van der Waals surface area contributed by atoms with E-state index in [0.717, 1.165) is 32.1 Å². The molecule has 0 bridgehead atoms. The molecule has 1 aliphatic carbocycles. The first-order chi connectivity index (χ1) is 11.1. The number of ether oxygens (including phenoxy) is 2. The van der Waals surface area contributed by atoms with Crippen LogP contribution in [0.5, 0.6) is 0 Å². The van der Waals surface area contributed by atoms with E-state index in [2.05, 4.69) is 0 Å². The van der Waals surface area contributed by atoms with E-state index in [1.807, 2.05) is 12.1 Å². The van der Waals surface area contributed by atoms with Crippen LogP contribution in [0.1, 0.15) is 30.4 Å². The maximum absolute atomic E-state index is 13.0. The van der Waals surface area contributed by atoms with Crippen molar-refractivity contribution >= 4 is 10.0 Å². The second kappa shape index (κ2) is 6.16. The Kier molecular flexibility index (Phi) is 4.17. The fourth-order valence-corrected chi connectivity index (χ4v) is 5.51. The topological polar surface area (TPSA) is 55.8 Å². The highest BCUT2D eigenvalue weighted by Gasteiger charge is 2.36. The average molecular weight is 337 g/mol. The Balaban J connectivity index is 1.55. The van der Waals surface area contributed by atoms with Crippen LogP contribution in [0.2, 0.25) is 0 Å². The summed E-state index contributed by atoms with van der Waals surface area (Å²) in [4.78, 5) is 0.437. The normalized spacial score (nSPS) is 26.5. The van der Waals surface area contributed by atoms with Gasteiger partial charge in [0.2, 0.25) is 10.0 Å². The SMILES string of the molecule is O=S(=O)(c1ccc2c(c1)CCC2)N1CCCC(C2OCCO2)C1. The van der Waals surface area contributed by atoms with Crippen molar-refractivity contribution in [2.75, 3.05) is 26.3 Å². The maximum Gasteiger partial charge on any atom is 0.243 e. The first-order valence-corrected chi connectivity index (χ1v) is 9.94. The van der Waals surface area contributed by atoms with E-state index >= 15 is 0 Å². The summed E-state index contributed by atoms with van der Waals surface area (Å²) in [5, 5.41) is 0. The first-order valence-electron chi connectivity index (χ1n) is 8.50. The van der Waals surface area contributed by atoms with Gasteiger partial charge < -0.3 is 9.47 Å². The van der Waals surface area contributed by atoms with Gasteiger partial charge in [0.1, 0.15) is 0 Å². The minimum Gasteiger partial charge on any atom is -0.350 e. The van der Waals surface area contributed by atoms with Crippen molar-refractivity contribution in [2.24, 2.45) is 5.92 Å². The van der Waals surface area contributed by atoms with Crippen molar-refractivity contribution in [3.8, 4) is 0 Å². The molecule has 126 valence electrons. The number of fused-ring (bicyclic) bond motifs is 1. The Bertz CT molecular complexity index is 682. The fraction of sp³-hybridized carbons (Fsp3) is 0.647. The molecule has 5 nitrogen and oxygen atoms in total. The van der Waals surface area contributed by atoms with Crippen molar-refractivity contribution in [3.05, 3.63) is 29.3 Å². The lowest BCUT2D eigenvalue weighted by Gasteiger charge is -2.34. The van der Waals surface area contributed by atoms with Gasteiger partial charge in [0.25, 0.3) is 0 Å². The van der Waals surface area contributed by atoms with Gasteiger partial charge in [-0.25, -0.2) is 8.42 Å². The highest BCUT2D eigenvalue weighted by molar-refractivity contribution is 7.89. The minimum atomic E-state index is -3.42. The molecule has 0 amide bonds. The predicted octanol–water partition coefficient (Wildman–Crippen LogP) is 1.95. The van der Waals surface area contributed by atoms with Gasteiger partial charge >= 0.3 is 0 Å². The maximum atomic E-state index is 13.0. The molecule has 1 unspecified atom stereocenters. The van der Waals surface area contributed by atoms with Crippen LogP contribution >= 0.6 is 0 Å². The molecular formula is C17H23NO4S. The third-order valence-corrected chi connectivity index (χ3v) is 7.02. The van der Waals surface area contributed by atoms with E-state index < -0.39 is 10.0 Å². The summed E-state index contributed by atoms with van der Waals surface area (Å²) in [6, 6.07) is 5.63. The Hall–Kier alpha value is -0.950. The molecule has 6 heteroatoms. The van der Waals surface area contributed by atoms with Crippen LogP contribution in [-0.4, -0.2) is 45.3 Å². The van der Waals surface area contributed by atoms with Crippen LogP contribution in [0, 0.1) is 5.92 Å². The molecule has 4 rings (SSSR count). The summed E-state index contributed by atoms with van der Waals surface area (Å²) >= 11 is 0. The highest BCUT2D eigenvalue weighted by atomic mass is 32.2. The molecule has 2 aliphatic heterocycles. The number of sulfonamides is 1. The van der Waals surface area contributed by atoms with Crippen LogP contribution < -0.4 is 0 Å². The zero-order valence-corrected chi connectivity index (χ0v) is 14.1. The average Bonchev–Trinajstić information content (AvgIpc) is 3.25. The number of nitrogens with zero attached hydrogens (tertiary/aromatic N) is 1. The molecule has 1 atom stereocenters. The van der Waals surface area contributed by atoms with Gasteiger partial charge in [-0.15, -0.1) is 0 Å². The van der Waals surface area contributed by atoms with Crippen molar-refractivity contribution < 1.29 is 17.9 Å². The van der Waals surface area contributed by atoms with E-state index in [9.17, 15) is 8.42 Å². The molecule has 0 radical (unpaired) electrons. The minimum absolute atomic E-state index is 0.135. The first kappa shape index (κ1) is 15.6. The van der Waals surface area contributed by atoms with E-state index in [0.29, 0.717) is 31.2 Å². The van der Waals surface area contributed by atoms with E-state index in [1.165, 1.54) is 11.1 Å². The molecule has 2 fully saturated rings. The van der Waals surface area contributed by atoms with Crippen molar-refractivity contribution in [1.82, 2.24) is 4.31 Å². The second-order valence-electron chi connectivity index (χ2n) is 6.66. The van der Waals surface area contributed by atoms with Gasteiger partial charge in [0, 0.05) is 19.0 Å². The lowest BCUT2D eigenvalue weighted by atomic mass is 9.99. The molecule has 23 heavy (non-hydrogen) atoms. The second-order valence-corrected chi connectivity index (χ2v) is 8.60. The van der Waals surface area contributed by atoms with Gasteiger partial charge in [-0.05, 0) is 55.4 Å². The molecule has 1 aromatic rings. The Morgan fingerprint density at radius 2 is 1.83 bits per heavy atom. The number of aryl methyl sites for hydroxylation is 2. The van der Waals surface area contributed by atoms with E-state index in [1.54, 1.807) is 10.4 Å². The molecule has 2 saturated heterocycles. The van der Waals surface area contributed by atoms with Crippen molar-refractivity contribution in [2.45, 2.75) is 43.3 Å². The van der Waals surface area contributed by atoms with Crippen molar-refractivity contribution in [3.63, 3.8) is 0 Å². The van der Waals surface area contributed by atoms with Gasteiger partial charge in [-0.3, -0.25) is 0 Å². The Morgan fingerprint density at radius 3 is 2.65 bits per heavy atom. The molecule has 0 aromatic heterocycles. The predicted molar refractivity (Wildman–Crippen MR) is 85.6 cm³/mol. The number of benzene rings is 1. The summed E-state index contributed by atoms with van der Waals surface area (Å²) in [6.45, 7) is 2.30. The third-order valence-electron chi connectivity index (χ3n) is 5.16. The van der Waals surface area contributed by atoms with Crippen LogP contribution in [0.15, 0.2) is 23.1 Å². The Labute approximate surface area is 137 Å². The quantitative estimate of drug-likeness (QED) is 0.846. The molecule has 3 aliphatic rings. The van der Waals surface area contributed by atoms with E-state index in [-0.39, 0.29) is 12.2 Å². The molecule has 2 heterocycles. The van der Waals surface area contributed by atoms with E-state index in [4.69, 9.17) is 9.47 Å². The molecule has 0 N–H and O–H groups in total. The summed E-state index contributed by atoms with van der Waals surface area (Å²) in [7, 11) is -3.42. The lowest BCUT2D eigenvalue weighted by molar-refractivity contribution is -0.0940. The fourth-order valence-electron chi connectivity index (χ4n) is 3.92. The zero-order valence-electron chi connectivity index (χ0n) is 13.2. The van der Waals surface area contributed by atoms with Crippen LogP contribution in [0.25, 0.3) is 0 Å². The molecule has 1 aromatic carbocycles. The largest absolute Gasteiger partial charge is 0.350 e. The van der Waals surface area contributed by atoms with Gasteiger partial charge in [-0.2, -0.15) is 4.31 Å². The zero-order chi connectivity index (χ0) is 15.9. The summed E-state index contributed by atoms with van der Waals surface area (Å²) in [5.74, 6) is 0.135. The Morgan fingerprint density at radius 1 is 1.04 bits per heavy atom. The number of rotatable bonds is 3. The summed E-state index contributed by atoms with van der Waals surface area (Å²) in [6.07, 6.45) is 4.76. The van der Waals surface area contributed by atoms with Gasteiger partial charge in [0.05, 0.1) is 18.1 Å². The van der Waals surface area contributed by atoms with Crippen LogP contribution in [0.4, 0.5) is 0 Å². The van der Waals surface area contributed by atoms with Gasteiger partial charge in [0.15, 0.2) is 6.29 Å². The third kappa shape index (κ3) is 2.93. The summed E-state index contributed by atoms with van der Waals surface area (Å²) < 4.78 is 38.7. The van der Waals surface area contributed by atoms with Crippen molar-refractivity contribution in [1.29, 1.82) is 0 Å². The van der Waals surface area contributed by atoms with Gasteiger partial charge in [-0.1, -0.05) is 6.07 Å². The standard InChI is InChI=1S/C17H23NO4S/c19-23(20,16-7-6-13-3-1-4-14(13)11-16)18-8-2-5-15(12-18)17-21-9-10-22-17/h6-7,11,15,17H,1-5,8-10,12H2. The highest BCUT2D eigenvalue weighted by Crippen LogP contribution is 2.30. The number of hydrogen-bond acceptors (Lipinski definition) is 4.